The lowest BCUT2D eigenvalue weighted by Crippen LogP contribution is -2.71. The first-order valence-electron chi connectivity index (χ1n) is 12.1. The summed E-state index contributed by atoms with van der Waals surface area (Å²) in [6, 6.07) is 0.509. The maximum Gasteiger partial charge on any atom is 0.451 e. The molecule has 0 atom stereocenters. The number of halogens is 3. The molecule has 2 amide bonds. The molecule has 2 aromatic rings. The molecule has 5 aliphatic rings. The van der Waals surface area contributed by atoms with Crippen molar-refractivity contribution in [3.8, 4) is 0 Å². The first kappa shape index (κ1) is 20.7. The molecule has 2 aromatic heterocycles. The summed E-state index contributed by atoms with van der Waals surface area (Å²) in [5.41, 5.74) is 0.319. The number of urea groups is 1. The monoisotopic (exact) mass is 476 g/mol. The molecule has 34 heavy (non-hydrogen) atoms. The molecular weight excluding hydrogens is 449 g/mol. The molecule has 4 heterocycles. The molecule has 2 aliphatic heterocycles. The van der Waals surface area contributed by atoms with Crippen LogP contribution in [0.4, 0.5) is 18.0 Å². The second kappa shape index (κ2) is 6.72. The van der Waals surface area contributed by atoms with Crippen LogP contribution >= 0.6 is 0 Å². The molecule has 3 saturated carbocycles. The summed E-state index contributed by atoms with van der Waals surface area (Å²) in [5, 5.41) is 8.40. The Bertz CT molecular complexity index is 1110. The summed E-state index contributed by atoms with van der Waals surface area (Å²) >= 11 is 0. The summed E-state index contributed by atoms with van der Waals surface area (Å²) in [6.07, 6.45) is 4.52. The zero-order chi connectivity index (χ0) is 23.3. The van der Waals surface area contributed by atoms with Gasteiger partial charge in [-0.25, -0.2) is 24.1 Å². The van der Waals surface area contributed by atoms with E-state index in [1.54, 1.807) is 0 Å². The lowest BCUT2D eigenvalue weighted by Gasteiger charge is -2.63. The van der Waals surface area contributed by atoms with E-state index in [0.29, 0.717) is 25.0 Å². The summed E-state index contributed by atoms with van der Waals surface area (Å²) in [6.45, 7) is 3.27. The predicted octanol–water partition coefficient (Wildman–Crippen LogP) is 2.93. The smallest absolute Gasteiger partial charge is 0.323 e. The van der Waals surface area contributed by atoms with Gasteiger partial charge in [-0.05, 0) is 44.4 Å². The first-order chi connectivity index (χ1) is 16.2. The van der Waals surface area contributed by atoms with E-state index in [9.17, 15) is 18.0 Å². The molecular formula is C22H27F3N8O. The minimum Gasteiger partial charge on any atom is -0.323 e. The average Bonchev–Trinajstić information content (AvgIpc) is 3.19. The Morgan fingerprint density at radius 3 is 2.26 bits per heavy atom. The lowest BCUT2D eigenvalue weighted by molar-refractivity contribution is -0.149. The lowest BCUT2D eigenvalue weighted by atomic mass is 9.57. The molecule has 0 radical (unpaired) electrons. The number of hydrogen-bond donors (Lipinski definition) is 0. The molecule has 2 saturated heterocycles. The second-order valence-electron chi connectivity index (χ2n) is 11.5. The molecule has 0 aromatic carbocycles. The molecule has 3 aliphatic carbocycles. The highest BCUT2D eigenvalue weighted by Crippen LogP contribution is 2.56. The van der Waals surface area contributed by atoms with Crippen molar-refractivity contribution < 1.29 is 18.0 Å². The maximum absolute atomic E-state index is 13.0. The SMILES string of the molecule is O=C(N1CC2(CC(Cn3ncnc3C(F)(F)F)C2)C1)N1CC2(CC(n3cnc(C4CC4)n3)C2)C1. The average molecular weight is 477 g/mol. The van der Waals surface area contributed by atoms with Crippen LogP contribution in [0.2, 0.25) is 0 Å². The van der Waals surface area contributed by atoms with Gasteiger partial charge in [-0.15, -0.1) is 0 Å². The van der Waals surface area contributed by atoms with Crippen LogP contribution in [0.15, 0.2) is 12.7 Å². The van der Waals surface area contributed by atoms with Crippen molar-refractivity contribution >= 4 is 6.03 Å². The van der Waals surface area contributed by atoms with Gasteiger partial charge in [-0.3, -0.25) is 0 Å². The van der Waals surface area contributed by atoms with Crippen LogP contribution in [0.3, 0.4) is 0 Å². The zero-order valence-electron chi connectivity index (χ0n) is 18.8. The summed E-state index contributed by atoms with van der Waals surface area (Å²) < 4.78 is 41.9. The van der Waals surface area contributed by atoms with E-state index in [1.165, 1.54) is 12.8 Å². The Balaban J connectivity index is 0.856. The molecule has 0 unspecified atom stereocenters. The summed E-state index contributed by atoms with van der Waals surface area (Å²) in [7, 11) is 0. The minimum atomic E-state index is -4.48. The molecule has 7 rings (SSSR count). The number of rotatable bonds is 4. The predicted molar refractivity (Wildman–Crippen MR) is 111 cm³/mol. The van der Waals surface area contributed by atoms with Gasteiger partial charge in [0.05, 0.1) is 6.04 Å². The van der Waals surface area contributed by atoms with Crippen LogP contribution in [0.25, 0.3) is 0 Å². The Morgan fingerprint density at radius 2 is 1.65 bits per heavy atom. The van der Waals surface area contributed by atoms with Gasteiger partial charge < -0.3 is 9.80 Å². The normalized spacial score (nSPS) is 25.7. The van der Waals surface area contributed by atoms with E-state index in [-0.39, 0.29) is 29.3 Å². The second-order valence-corrected chi connectivity index (χ2v) is 11.5. The standard InChI is InChI=1S/C22H27F3N8O/c23-22(24,25)18-26-12-28-32(18)7-14-3-20(4-14)8-30(9-20)19(34)31-10-21(11-31)5-16(6-21)33-13-27-17(29-33)15-1-2-15/h12-16H,1-11H2. The molecule has 2 spiro atoms. The van der Waals surface area contributed by atoms with Crippen molar-refractivity contribution in [1.82, 2.24) is 39.3 Å². The number of carbonyl (C=O) groups excluding carboxylic acids is 1. The number of hydrogen-bond acceptors (Lipinski definition) is 5. The van der Waals surface area contributed by atoms with Crippen LogP contribution in [0.1, 0.15) is 62.1 Å². The van der Waals surface area contributed by atoms with Crippen LogP contribution in [-0.2, 0) is 12.7 Å². The van der Waals surface area contributed by atoms with Gasteiger partial charge in [0.1, 0.15) is 12.7 Å². The number of likely N-dealkylation sites (tertiary alicyclic amines) is 2. The van der Waals surface area contributed by atoms with Gasteiger partial charge in [-0.1, -0.05) is 0 Å². The molecule has 12 heteroatoms. The zero-order valence-corrected chi connectivity index (χ0v) is 18.8. The summed E-state index contributed by atoms with van der Waals surface area (Å²) in [4.78, 5) is 24.5. The highest BCUT2D eigenvalue weighted by Gasteiger charge is 2.58. The Hall–Kier alpha value is -2.66. The molecule has 9 nitrogen and oxygen atoms in total. The van der Waals surface area contributed by atoms with E-state index < -0.39 is 12.0 Å². The Kier molecular flexibility index (Phi) is 4.09. The van der Waals surface area contributed by atoms with Crippen LogP contribution in [-0.4, -0.2) is 71.5 Å². The maximum atomic E-state index is 13.0. The van der Waals surface area contributed by atoms with Crippen molar-refractivity contribution in [3.05, 3.63) is 24.3 Å². The highest BCUT2D eigenvalue weighted by atomic mass is 19.4. The van der Waals surface area contributed by atoms with Gasteiger partial charge in [0.25, 0.3) is 0 Å². The fourth-order valence-corrected chi connectivity index (χ4v) is 6.79. The van der Waals surface area contributed by atoms with Gasteiger partial charge in [0.2, 0.25) is 5.82 Å². The first-order valence-corrected chi connectivity index (χ1v) is 12.1. The Labute approximate surface area is 194 Å². The van der Waals surface area contributed by atoms with E-state index in [0.717, 1.165) is 55.6 Å². The van der Waals surface area contributed by atoms with Gasteiger partial charge >= 0.3 is 12.2 Å². The molecule has 0 N–H and O–H groups in total. The number of nitrogens with zero attached hydrogens (tertiary/aromatic N) is 8. The van der Waals surface area contributed by atoms with Gasteiger partial charge in [0.15, 0.2) is 5.82 Å². The number of amides is 2. The fourth-order valence-electron chi connectivity index (χ4n) is 6.79. The van der Waals surface area contributed by atoms with Gasteiger partial charge in [-0.2, -0.15) is 23.4 Å². The molecule has 5 fully saturated rings. The van der Waals surface area contributed by atoms with Crippen LogP contribution in [0.5, 0.6) is 0 Å². The highest BCUT2D eigenvalue weighted by molar-refractivity contribution is 5.77. The van der Waals surface area contributed by atoms with E-state index >= 15 is 0 Å². The fraction of sp³-hybridized carbons (Fsp3) is 0.773. The van der Waals surface area contributed by atoms with Crippen molar-refractivity contribution in [3.63, 3.8) is 0 Å². The van der Waals surface area contributed by atoms with Crippen molar-refractivity contribution in [2.45, 2.75) is 63.2 Å². The number of alkyl halides is 3. The third-order valence-electron chi connectivity index (χ3n) is 8.57. The van der Waals surface area contributed by atoms with E-state index in [1.807, 2.05) is 20.8 Å². The Morgan fingerprint density at radius 1 is 1.00 bits per heavy atom. The van der Waals surface area contributed by atoms with Crippen LogP contribution in [0, 0.1) is 16.7 Å². The number of carbonyl (C=O) groups is 1. The minimum absolute atomic E-state index is 0.0791. The largest absolute Gasteiger partial charge is 0.451 e. The van der Waals surface area contributed by atoms with E-state index in [4.69, 9.17) is 0 Å². The van der Waals surface area contributed by atoms with Gasteiger partial charge in [0, 0.05) is 49.5 Å². The van der Waals surface area contributed by atoms with Crippen LogP contribution < -0.4 is 0 Å². The third kappa shape index (κ3) is 3.24. The quantitative estimate of drug-likeness (QED) is 0.678. The van der Waals surface area contributed by atoms with Crippen molar-refractivity contribution in [1.29, 1.82) is 0 Å². The number of aromatic nitrogens is 6. The summed E-state index contributed by atoms with van der Waals surface area (Å²) in [5.74, 6) is 0.767. The third-order valence-corrected chi connectivity index (χ3v) is 8.57. The molecule has 0 bridgehead atoms. The van der Waals surface area contributed by atoms with Crippen molar-refractivity contribution in [2.24, 2.45) is 16.7 Å². The van der Waals surface area contributed by atoms with Crippen molar-refractivity contribution in [2.75, 3.05) is 26.2 Å². The van der Waals surface area contributed by atoms with E-state index in [2.05, 4.69) is 20.2 Å². The topological polar surface area (TPSA) is 85.0 Å². The molecule has 182 valence electrons.